The van der Waals surface area contributed by atoms with Gasteiger partial charge in [-0.05, 0) is 42.5 Å². The number of pyridine rings is 1. The van der Waals surface area contributed by atoms with E-state index in [1.54, 1.807) is 12.4 Å². The van der Waals surface area contributed by atoms with Gasteiger partial charge in [0.05, 0.1) is 17.4 Å². The van der Waals surface area contributed by atoms with E-state index in [0.29, 0.717) is 35.4 Å². The Kier molecular flexibility index (Phi) is 4.17. The van der Waals surface area contributed by atoms with Crippen LogP contribution in [0.1, 0.15) is 42.6 Å². The molecule has 5 nitrogen and oxygen atoms in total. The molecule has 1 aliphatic rings. The fourth-order valence-electron chi connectivity index (χ4n) is 3.33. The van der Waals surface area contributed by atoms with E-state index in [4.69, 9.17) is 0 Å². The van der Waals surface area contributed by atoms with Crippen molar-refractivity contribution in [2.24, 2.45) is 5.92 Å². The Morgan fingerprint density at radius 1 is 1.19 bits per heavy atom. The van der Waals surface area contributed by atoms with Crippen LogP contribution in [0.4, 0.5) is 8.78 Å². The van der Waals surface area contributed by atoms with E-state index in [2.05, 4.69) is 29.1 Å². The number of nitrogens with zero attached hydrogens (tertiary/aromatic N) is 3. The second-order valence-corrected chi connectivity index (χ2v) is 7.55. The third-order valence-electron chi connectivity index (χ3n) is 4.80. The molecule has 2 aromatic heterocycles. The fraction of sp³-hybridized carbons (Fsp3) is 0.350. The summed E-state index contributed by atoms with van der Waals surface area (Å²) in [6.07, 6.45) is 4.51. The highest BCUT2D eigenvalue weighted by Crippen LogP contribution is 2.46. The zero-order valence-corrected chi connectivity index (χ0v) is 15.2. The molecule has 1 amide bonds. The summed E-state index contributed by atoms with van der Waals surface area (Å²) in [4.78, 5) is 21.4. The molecule has 1 saturated carbocycles. The Hall–Kier alpha value is -2.83. The maximum Gasteiger partial charge on any atom is 0.253 e. The number of aromatic nitrogens is 3. The Labute approximate surface area is 155 Å². The number of amides is 1. The third kappa shape index (κ3) is 3.41. The van der Waals surface area contributed by atoms with E-state index in [-0.39, 0.29) is 5.91 Å². The van der Waals surface area contributed by atoms with E-state index >= 15 is 0 Å². The topological polar surface area (TPSA) is 59.8 Å². The zero-order valence-electron chi connectivity index (χ0n) is 15.2. The number of carbonyl (C=O) groups excluding carboxylic acids is 1. The summed E-state index contributed by atoms with van der Waals surface area (Å²) >= 11 is 0. The number of benzene rings is 1. The maximum atomic E-state index is 13.5. The Balaban J connectivity index is 1.58. The minimum atomic E-state index is -0.716. The largest absolute Gasteiger partial charge is 0.342 e. The van der Waals surface area contributed by atoms with Crippen LogP contribution in [0, 0.1) is 17.6 Å². The minimum Gasteiger partial charge on any atom is -0.342 e. The van der Waals surface area contributed by atoms with Gasteiger partial charge in [-0.1, -0.05) is 13.8 Å². The van der Waals surface area contributed by atoms with E-state index in [1.165, 1.54) is 18.3 Å². The lowest BCUT2D eigenvalue weighted by atomic mass is 10.0. The van der Waals surface area contributed by atoms with E-state index in [9.17, 15) is 13.6 Å². The van der Waals surface area contributed by atoms with E-state index in [0.717, 1.165) is 18.3 Å². The monoisotopic (exact) mass is 370 g/mol. The van der Waals surface area contributed by atoms with Crippen molar-refractivity contribution >= 4 is 17.1 Å². The van der Waals surface area contributed by atoms with Crippen LogP contribution in [0.25, 0.3) is 11.2 Å². The molecule has 0 unspecified atom stereocenters. The second kappa shape index (κ2) is 6.40. The third-order valence-corrected chi connectivity index (χ3v) is 4.80. The summed E-state index contributed by atoms with van der Waals surface area (Å²) < 4.78 is 29.0. The van der Waals surface area contributed by atoms with Gasteiger partial charge in [-0.2, -0.15) is 0 Å². The van der Waals surface area contributed by atoms with Crippen molar-refractivity contribution in [3.05, 3.63) is 59.6 Å². The van der Waals surface area contributed by atoms with Gasteiger partial charge in [-0.25, -0.2) is 18.7 Å². The number of nitrogens with one attached hydrogen (secondary N) is 1. The van der Waals surface area contributed by atoms with Crippen molar-refractivity contribution in [1.29, 1.82) is 0 Å². The van der Waals surface area contributed by atoms with Gasteiger partial charge in [-0.3, -0.25) is 4.79 Å². The lowest BCUT2D eigenvalue weighted by molar-refractivity contribution is 0.0930. The second-order valence-electron chi connectivity index (χ2n) is 7.55. The number of fused-ring (bicyclic) bond motifs is 1. The van der Waals surface area contributed by atoms with Gasteiger partial charge in [0.15, 0.2) is 5.65 Å². The standard InChI is InChI=1S/C20H20F2N4O/c1-12(2)10-26-11-24-17-5-13(9-23-18(17)26)19(27)25-20(3-4-20)14-6-15(21)8-16(22)7-14/h5-9,11-12H,3-4,10H2,1-2H3,(H,25,27). The van der Waals surface area contributed by atoms with Crippen LogP contribution in [0.15, 0.2) is 36.8 Å². The molecule has 1 aliphatic carbocycles. The Morgan fingerprint density at radius 2 is 1.89 bits per heavy atom. The molecule has 0 saturated heterocycles. The van der Waals surface area contributed by atoms with Crippen LogP contribution in [0.5, 0.6) is 0 Å². The van der Waals surface area contributed by atoms with Crippen molar-refractivity contribution < 1.29 is 13.6 Å². The molecule has 4 rings (SSSR count). The number of carbonyl (C=O) groups is 1. The average molecular weight is 370 g/mol. The summed E-state index contributed by atoms with van der Waals surface area (Å²) in [7, 11) is 0. The molecular formula is C20H20F2N4O. The van der Waals surface area contributed by atoms with Gasteiger partial charge in [0.1, 0.15) is 17.2 Å². The van der Waals surface area contributed by atoms with Gasteiger partial charge < -0.3 is 9.88 Å². The molecule has 0 radical (unpaired) electrons. The van der Waals surface area contributed by atoms with Crippen LogP contribution >= 0.6 is 0 Å². The molecule has 3 aromatic rings. The SMILES string of the molecule is CC(C)Cn1cnc2cc(C(=O)NC3(c4cc(F)cc(F)c4)CC3)cnc21. The Bertz CT molecular complexity index is 1000. The molecule has 140 valence electrons. The summed E-state index contributed by atoms with van der Waals surface area (Å²) in [6, 6.07) is 5.06. The first kappa shape index (κ1) is 17.6. The normalized spacial score (nSPS) is 15.3. The molecule has 0 bridgehead atoms. The number of halogens is 2. The van der Waals surface area contributed by atoms with E-state index in [1.807, 2.05) is 4.57 Å². The summed E-state index contributed by atoms with van der Waals surface area (Å²) in [5.74, 6) is -1.17. The summed E-state index contributed by atoms with van der Waals surface area (Å²) in [5, 5.41) is 2.91. The van der Waals surface area contributed by atoms with Crippen LogP contribution in [0.3, 0.4) is 0 Å². The molecule has 0 aliphatic heterocycles. The van der Waals surface area contributed by atoms with Gasteiger partial charge in [-0.15, -0.1) is 0 Å². The predicted octanol–water partition coefficient (Wildman–Crippen LogP) is 3.78. The maximum absolute atomic E-state index is 13.5. The number of rotatable bonds is 5. The number of hydrogen-bond donors (Lipinski definition) is 1. The molecule has 7 heteroatoms. The minimum absolute atomic E-state index is 0.329. The molecule has 2 heterocycles. The van der Waals surface area contributed by atoms with Crippen molar-refractivity contribution in [1.82, 2.24) is 19.9 Å². The highest BCUT2D eigenvalue weighted by molar-refractivity contribution is 5.97. The van der Waals surface area contributed by atoms with Gasteiger partial charge >= 0.3 is 0 Å². The van der Waals surface area contributed by atoms with Crippen LogP contribution in [-0.2, 0) is 12.1 Å². The zero-order chi connectivity index (χ0) is 19.2. The summed E-state index contributed by atoms with van der Waals surface area (Å²) in [5.41, 5.74) is 1.48. The van der Waals surface area contributed by atoms with Gasteiger partial charge in [0.25, 0.3) is 5.91 Å². The quantitative estimate of drug-likeness (QED) is 0.743. The molecule has 1 N–H and O–H groups in total. The van der Waals surface area contributed by atoms with Crippen molar-refractivity contribution in [2.45, 2.75) is 38.8 Å². The average Bonchev–Trinajstić information content (AvgIpc) is 3.28. The molecule has 1 fully saturated rings. The predicted molar refractivity (Wildman–Crippen MR) is 97.1 cm³/mol. The van der Waals surface area contributed by atoms with Crippen molar-refractivity contribution in [3.63, 3.8) is 0 Å². The first-order chi connectivity index (χ1) is 12.9. The van der Waals surface area contributed by atoms with Crippen molar-refractivity contribution in [3.8, 4) is 0 Å². The lowest BCUT2D eigenvalue weighted by Crippen LogP contribution is -2.35. The lowest BCUT2D eigenvalue weighted by Gasteiger charge is -2.18. The molecule has 0 atom stereocenters. The molecule has 27 heavy (non-hydrogen) atoms. The highest BCUT2D eigenvalue weighted by atomic mass is 19.1. The summed E-state index contributed by atoms with van der Waals surface area (Å²) in [6.45, 7) is 5.01. The van der Waals surface area contributed by atoms with Crippen LogP contribution in [-0.4, -0.2) is 20.4 Å². The number of hydrogen-bond acceptors (Lipinski definition) is 3. The van der Waals surface area contributed by atoms with Gasteiger partial charge in [0.2, 0.25) is 0 Å². The highest BCUT2D eigenvalue weighted by Gasteiger charge is 2.46. The van der Waals surface area contributed by atoms with Crippen LogP contribution in [0.2, 0.25) is 0 Å². The van der Waals surface area contributed by atoms with E-state index < -0.39 is 17.2 Å². The smallest absolute Gasteiger partial charge is 0.253 e. The first-order valence-electron chi connectivity index (χ1n) is 8.96. The fourth-order valence-corrected chi connectivity index (χ4v) is 3.33. The Morgan fingerprint density at radius 3 is 2.52 bits per heavy atom. The first-order valence-corrected chi connectivity index (χ1v) is 8.96. The molecule has 0 spiro atoms. The molecular weight excluding hydrogens is 350 g/mol. The van der Waals surface area contributed by atoms with Crippen LogP contribution < -0.4 is 5.32 Å². The number of imidazole rings is 1. The van der Waals surface area contributed by atoms with Crippen molar-refractivity contribution in [2.75, 3.05) is 0 Å². The van der Waals surface area contributed by atoms with Gasteiger partial charge in [0, 0.05) is 18.8 Å². The molecule has 1 aromatic carbocycles.